The van der Waals surface area contributed by atoms with Crippen molar-refractivity contribution in [2.75, 3.05) is 7.11 Å². The van der Waals surface area contributed by atoms with Gasteiger partial charge in [0.1, 0.15) is 5.75 Å². The summed E-state index contributed by atoms with van der Waals surface area (Å²) in [6, 6.07) is 15.5. The molecule has 2 aromatic carbocycles. The van der Waals surface area contributed by atoms with E-state index in [9.17, 15) is 4.79 Å². The second-order valence-electron chi connectivity index (χ2n) is 5.53. The Hall–Kier alpha value is -2.40. The highest BCUT2D eigenvalue weighted by atomic mass is 32.1. The molecule has 4 nitrogen and oxygen atoms in total. The molecule has 1 aliphatic rings. The van der Waals surface area contributed by atoms with Crippen LogP contribution in [0.1, 0.15) is 21.5 Å². The van der Waals surface area contributed by atoms with Crippen LogP contribution < -0.4 is 15.4 Å². The van der Waals surface area contributed by atoms with E-state index in [0.29, 0.717) is 16.4 Å². The number of rotatable bonds is 3. The van der Waals surface area contributed by atoms with Gasteiger partial charge in [0.05, 0.1) is 7.11 Å². The molecule has 3 rings (SSSR count). The van der Waals surface area contributed by atoms with Gasteiger partial charge in [0.15, 0.2) is 5.11 Å². The molecule has 118 valence electrons. The average molecular weight is 326 g/mol. The van der Waals surface area contributed by atoms with Crippen molar-refractivity contribution in [2.24, 2.45) is 0 Å². The van der Waals surface area contributed by atoms with Crippen molar-refractivity contribution in [3.05, 3.63) is 65.2 Å². The summed E-state index contributed by atoms with van der Waals surface area (Å²) in [5.41, 5.74) is 3.23. The number of carbonyl (C=O) groups excluding carboxylic acids is 1. The van der Waals surface area contributed by atoms with Crippen molar-refractivity contribution in [1.82, 2.24) is 10.6 Å². The quantitative estimate of drug-likeness (QED) is 0.851. The number of thiocarbonyl (C=S) groups is 1. The lowest BCUT2D eigenvalue weighted by Crippen LogP contribution is -2.44. The van der Waals surface area contributed by atoms with E-state index in [4.69, 9.17) is 17.0 Å². The van der Waals surface area contributed by atoms with Crippen LogP contribution in [0.5, 0.6) is 5.75 Å². The molecule has 0 radical (unpaired) electrons. The van der Waals surface area contributed by atoms with Gasteiger partial charge in [0.25, 0.3) is 5.91 Å². The molecule has 0 atom stereocenters. The van der Waals surface area contributed by atoms with Crippen molar-refractivity contribution in [1.29, 1.82) is 0 Å². The Kier molecular flexibility index (Phi) is 4.57. The van der Waals surface area contributed by atoms with Gasteiger partial charge in [-0.15, -0.1) is 0 Å². The molecule has 2 aromatic rings. The molecule has 2 N–H and O–H groups in total. The number of hydrogen-bond donors (Lipinski definition) is 2. The highest BCUT2D eigenvalue weighted by Gasteiger charge is 2.21. The third-order valence-electron chi connectivity index (χ3n) is 3.97. The number of fused-ring (bicyclic) bond motifs is 1. The topological polar surface area (TPSA) is 50.4 Å². The van der Waals surface area contributed by atoms with Crippen LogP contribution in [0.2, 0.25) is 0 Å². The van der Waals surface area contributed by atoms with Gasteiger partial charge in [-0.25, -0.2) is 0 Å². The Bertz CT molecular complexity index is 703. The first kappa shape index (κ1) is 15.5. The fourth-order valence-electron chi connectivity index (χ4n) is 2.80. The van der Waals surface area contributed by atoms with Crippen LogP contribution in [0, 0.1) is 0 Å². The molecule has 0 heterocycles. The van der Waals surface area contributed by atoms with Crippen LogP contribution in [-0.4, -0.2) is 24.2 Å². The van der Waals surface area contributed by atoms with Crippen molar-refractivity contribution >= 4 is 23.2 Å². The summed E-state index contributed by atoms with van der Waals surface area (Å²) >= 11 is 5.26. The maximum Gasteiger partial charge on any atom is 0.257 e. The van der Waals surface area contributed by atoms with E-state index in [1.807, 2.05) is 12.1 Å². The van der Waals surface area contributed by atoms with Crippen LogP contribution in [-0.2, 0) is 12.8 Å². The molecule has 1 amide bonds. The SMILES string of the molecule is COc1ccc(C(=O)NC(=S)NC2Cc3ccccc3C2)cc1. The number of nitrogens with one attached hydrogen (secondary N) is 2. The fraction of sp³-hybridized carbons (Fsp3) is 0.222. The van der Waals surface area contributed by atoms with Crippen molar-refractivity contribution in [3.63, 3.8) is 0 Å². The van der Waals surface area contributed by atoms with Crippen molar-refractivity contribution < 1.29 is 9.53 Å². The third kappa shape index (κ3) is 3.68. The van der Waals surface area contributed by atoms with Gasteiger partial charge in [-0.3, -0.25) is 10.1 Å². The molecular weight excluding hydrogens is 308 g/mol. The predicted octanol–water partition coefficient (Wildman–Crippen LogP) is 2.47. The van der Waals surface area contributed by atoms with E-state index in [1.54, 1.807) is 31.4 Å². The third-order valence-corrected chi connectivity index (χ3v) is 4.19. The zero-order valence-electron chi connectivity index (χ0n) is 12.8. The summed E-state index contributed by atoms with van der Waals surface area (Å²) in [5, 5.41) is 6.32. The van der Waals surface area contributed by atoms with Gasteiger partial charge in [0.2, 0.25) is 0 Å². The molecule has 0 saturated carbocycles. The molecule has 0 spiro atoms. The Balaban J connectivity index is 1.54. The first-order valence-electron chi connectivity index (χ1n) is 7.48. The van der Waals surface area contributed by atoms with Crippen LogP contribution in [0.25, 0.3) is 0 Å². The van der Waals surface area contributed by atoms with Crippen LogP contribution in [0.15, 0.2) is 48.5 Å². The minimum atomic E-state index is -0.222. The van der Waals surface area contributed by atoms with Crippen molar-refractivity contribution in [3.8, 4) is 5.75 Å². The fourth-order valence-corrected chi connectivity index (χ4v) is 3.06. The smallest absolute Gasteiger partial charge is 0.257 e. The summed E-state index contributed by atoms with van der Waals surface area (Å²) < 4.78 is 5.08. The minimum absolute atomic E-state index is 0.222. The zero-order chi connectivity index (χ0) is 16.2. The summed E-state index contributed by atoms with van der Waals surface area (Å²) in [7, 11) is 1.59. The number of carbonyl (C=O) groups is 1. The summed E-state index contributed by atoms with van der Waals surface area (Å²) in [5.74, 6) is 0.492. The van der Waals surface area contributed by atoms with E-state index < -0.39 is 0 Å². The van der Waals surface area contributed by atoms with Crippen LogP contribution >= 0.6 is 12.2 Å². The number of methoxy groups -OCH3 is 1. The number of hydrogen-bond acceptors (Lipinski definition) is 3. The second kappa shape index (κ2) is 6.79. The molecule has 0 bridgehead atoms. The number of amides is 1. The standard InChI is InChI=1S/C18H18N2O2S/c1-22-16-8-6-12(7-9-16)17(21)20-18(23)19-15-10-13-4-2-3-5-14(13)11-15/h2-9,15H,10-11H2,1H3,(H2,19,20,21,23). The normalized spacial score (nSPS) is 13.3. The lowest BCUT2D eigenvalue weighted by Gasteiger charge is -2.15. The Labute approximate surface area is 140 Å². The molecule has 0 aliphatic heterocycles. The second-order valence-corrected chi connectivity index (χ2v) is 5.94. The monoisotopic (exact) mass is 326 g/mol. The van der Waals surface area contributed by atoms with Crippen LogP contribution in [0.3, 0.4) is 0 Å². The predicted molar refractivity (Wildman–Crippen MR) is 93.8 cm³/mol. The maximum atomic E-state index is 12.2. The Morgan fingerprint density at radius 1 is 1.09 bits per heavy atom. The lowest BCUT2D eigenvalue weighted by atomic mass is 10.1. The molecule has 0 aromatic heterocycles. The van der Waals surface area contributed by atoms with E-state index in [2.05, 4.69) is 22.8 Å². The van der Waals surface area contributed by atoms with Crippen molar-refractivity contribution in [2.45, 2.75) is 18.9 Å². The van der Waals surface area contributed by atoms with E-state index in [-0.39, 0.29) is 11.9 Å². The van der Waals surface area contributed by atoms with Gasteiger partial charge in [0, 0.05) is 11.6 Å². The van der Waals surface area contributed by atoms with Gasteiger partial charge in [-0.1, -0.05) is 24.3 Å². The first-order chi connectivity index (χ1) is 11.2. The first-order valence-corrected chi connectivity index (χ1v) is 7.89. The van der Waals surface area contributed by atoms with E-state index in [1.165, 1.54) is 11.1 Å². The van der Waals surface area contributed by atoms with E-state index >= 15 is 0 Å². The molecule has 23 heavy (non-hydrogen) atoms. The number of benzene rings is 2. The lowest BCUT2D eigenvalue weighted by molar-refractivity contribution is 0.0976. The van der Waals surface area contributed by atoms with Gasteiger partial charge >= 0.3 is 0 Å². The molecule has 0 unspecified atom stereocenters. The molecule has 0 saturated heterocycles. The highest BCUT2D eigenvalue weighted by molar-refractivity contribution is 7.80. The molecular formula is C18H18N2O2S. The molecule has 0 fully saturated rings. The Morgan fingerprint density at radius 3 is 2.26 bits per heavy atom. The van der Waals surface area contributed by atoms with Gasteiger partial charge in [-0.05, 0) is 60.5 Å². The largest absolute Gasteiger partial charge is 0.497 e. The number of ether oxygens (including phenoxy) is 1. The summed E-state index contributed by atoms with van der Waals surface area (Å²) in [6.45, 7) is 0. The average Bonchev–Trinajstić information content (AvgIpc) is 2.96. The van der Waals surface area contributed by atoms with Gasteiger partial charge < -0.3 is 10.1 Å². The van der Waals surface area contributed by atoms with Gasteiger partial charge in [-0.2, -0.15) is 0 Å². The van der Waals surface area contributed by atoms with E-state index in [0.717, 1.165) is 12.8 Å². The molecule has 5 heteroatoms. The van der Waals surface area contributed by atoms with Crippen LogP contribution in [0.4, 0.5) is 0 Å². The summed E-state index contributed by atoms with van der Waals surface area (Å²) in [6.07, 6.45) is 1.85. The maximum absolute atomic E-state index is 12.2. The zero-order valence-corrected chi connectivity index (χ0v) is 13.7. The minimum Gasteiger partial charge on any atom is -0.497 e. The molecule has 1 aliphatic carbocycles. The highest BCUT2D eigenvalue weighted by Crippen LogP contribution is 2.21. The summed E-state index contributed by atoms with van der Waals surface area (Å²) in [4.78, 5) is 12.2. The Morgan fingerprint density at radius 2 is 1.70 bits per heavy atom.